The van der Waals surface area contributed by atoms with Crippen LogP contribution in [0.4, 0.5) is 0 Å². The molecule has 21 heavy (non-hydrogen) atoms. The Labute approximate surface area is 126 Å². The minimum atomic E-state index is -3.58. The van der Waals surface area contributed by atoms with Crippen molar-refractivity contribution in [1.82, 2.24) is 4.72 Å². The van der Waals surface area contributed by atoms with Crippen molar-refractivity contribution in [2.45, 2.75) is 38.0 Å². The van der Waals surface area contributed by atoms with Gasteiger partial charge >= 0.3 is 0 Å². The summed E-state index contributed by atoms with van der Waals surface area (Å²) in [4.78, 5) is 11.3. The first-order chi connectivity index (χ1) is 9.90. The van der Waals surface area contributed by atoms with E-state index in [0.29, 0.717) is 18.5 Å². The predicted octanol–water partition coefficient (Wildman–Crippen LogP) is 1.97. The number of sulfonamides is 1. The Morgan fingerprint density at radius 1 is 1.24 bits per heavy atom. The summed E-state index contributed by atoms with van der Waals surface area (Å²) in [5.74, 6) is 0.0316. The molecule has 118 valence electrons. The van der Waals surface area contributed by atoms with E-state index in [9.17, 15) is 13.2 Å². The lowest BCUT2D eigenvalue weighted by Crippen LogP contribution is -2.30. The lowest BCUT2D eigenvalue weighted by atomic mass is 10.0. The molecule has 0 aliphatic carbocycles. The van der Waals surface area contributed by atoms with Gasteiger partial charge in [0.25, 0.3) is 0 Å². The van der Waals surface area contributed by atoms with Gasteiger partial charge in [-0.05, 0) is 37.8 Å². The van der Waals surface area contributed by atoms with E-state index in [2.05, 4.69) is 4.72 Å². The Morgan fingerprint density at radius 3 is 2.33 bits per heavy atom. The lowest BCUT2D eigenvalue weighted by molar-refractivity contribution is 0.101. The summed E-state index contributed by atoms with van der Waals surface area (Å²) >= 11 is 0. The molecular weight excluding hydrogens is 290 g/mol. The molecular formula is C15H23NO4S. The topological polar surface area (TPSA) is 83.5 Å². The average molecular weight is 313 g/mol. The molecule has 5 nitrogen and oxygen atoms in total. The number of carbonyl (C=O) groups is 1. The molecule has 0 spiro atoms. The van der Waals surface area contributed by atoms with Crippen LogP contribution in [0.25, 0.3) is 0 Å². The van der Waals surface area contributed by atoms with Crippen LogP contribution < -0.4 is 4.72 Å². The van der Waals surface area contributed by atoms with Crippen molar-refractivity contribution in [3.63, 3.8) is 0 Å². The van der Waals surface area contributed by atoms with E-state index >= 15 is 0 Å². The second-order valence-corrected chi connectivity index (χ2v) is 6.87. The Kier molecular flexibility index (Phi) is 7.01. The summed E-state index contributed by atoms with van der Waals surface area (Å²) in [6.45, 7) is 3.83. The molecule has 1 rings (SSSR count). The van der Waals surface area contributed by atoms with Gasteiger partial charge in [0, 0.05) is 18.7 Å². The first kappa shape index (κ1) is 17.8. The maximum absolute atomic E-state index is 12.2. The molecule has 0 aliphatic heterocycles. The van der Waals surface area contributed by atoms with Crippen molar-refractivity contribution in [2.24, 2.45) is 5.92 Å². The van der Waals surface area contributed by atoms with E-state index in [1.165, 1.54) is 31.2 Å². The minimum absolute atomic E-state index is 0.0553. The molecule has 1 aromatic rings. The Bertz CT molecular complexity index is 546. The summed E-state index contributed by atoms with van der Waals surface area (Å²) in [5.41, 5.74) is 0.484. The summed E-state index contributed by atoms with van der Waals surface area (Å²) < 4.78 is 26.9. The van der Waals surface area contributed by atoms with Gasteiger partial charge in [0.1, 0.15) is 0 Å². The first-order valence-corrected chi connectivity index (χ1v) is 8.60. The van der Waals surface area contributed by atoms with Crippen LogP contribution in [0.15, 0.2) is 29.2 Å². The third kappa shape index (κ3) is 5.57. The SMILES string of the molecule is CCCC(CCO)CNS(=O)(=O)c1ccc(C(C)=O)cc1. The average Bonchev–Trinajstić information content (AvgIpc) is 2.45. The monoisotopic (exact) mass is 313 g/mol. The number of carbonyl (C=O) groups excluding carboxylic acids is 1. The Hall–Kier alpha value is -1.24. The van der Waals surface area contributed by atoms with Crippen LogP contribution in [-0.4, -0.2) is 32.5 Å². The number of hydrogen-bond acceptors (Lipinski definition) is 4. The molecule has 0 aliphatic rings. The van der Waals surface area contributed by atoms with Gasteiger partial charge in [0.15, 0.2) is 5.78 Å². The van der Waals surface area contributed by atoms with Crippen molar-refractivity contribution in [2.75, 3.05) is 13.2 Å². The Morgan fingerprint density at radius 2 is 1.86 bits per heavy atom. The second-order valence-electron chi connectivity index (χ2n) is 5.10. The number of rotatable bonds is 9. The van der Waals surface area contributed by atoms with Gasteiger partial charge in [-0.15, -0.1) is 0 Å². The largest absolute Gasteiger partial charge is 0.396 e. The van der Waals surface area contributed by atoms with Crippen LogP contribution in [0.1, 0.15) is 43.5 Å². The van der Waals surface area contributed by atoms with Crippen molar-refractivity contribution in [3.05, 3.63) is 29.8 Å². The molecule has 0 amide bonds. The van der Waals surface area contributed by atoms with E-state index in [-0.39, 0.29) is 23.2 Å². The van der Waals surface area contributed by atoms with Crippen LogP contribution in [-0.2, 0) is 10.0 Å². The molecule has 0 radical (unpaired) electrons. The number of ketones is 1. The van der Waals surface area contributed by atoms with Crippen LogP contribution in [0, 0.1) is 5.92 Å². The van der Waals surface area contributed by atoms with Gasteiger partial charge in [0.2, 0.25) is 10.0 Å². The third-order valence-electron chi connectivity index (χ3n) is 3.37. The van der Waals surface area contributed by atoms with Gasteiger partial charge in [0.05, 0.1) is 4.90 Å². The fourth-order valence-electron chi connectivity index (χ4n) is 2.12. The molecule has 0 bridgehead atoms. The maximum Gasteiger partial charge on any atom is 0.240 e. The summed E-state index contributed by atoms with van der Waals surface area (Å²) in [6.07, 6.45) is 2.39. The molecule has 0 fully saturated rings. The van der Waals surface area contributed by atoms with Gasteiger partial charge < -0.3 is 5.11 Å². The standard InChI is InChI=1S/C15H23NO4S/c1-3-4-13(9-10-17)11-16-21(19,20)15-7-5-14(6-8-15)12(2)18/h5-8,13,16-17H,3-4,9-11H2,1-2H3. The highest BCUT2D eigenvalue weighted by atomic mass is 32.2. The summed E-state index contributed by atoms with van der Waals surface area (Å²) in [6, 6.07) is 5.88. The lowest BCUT2D eigenvalue weighted by Gasteiger charge is -2.15. The quantitative estimate of drug-likeness (QED) is 0.683. The first-order valence-electron chi connectivity index (χ1n) is 7.12. The number of hydrogen-bond donors (Lipinski definition) is 2. The maximum atomic E-state index is 12.2. The van der Waals surface area contributed by atoms with E-state index in [0.717, 1.165) is 12.8 Å². The molecule has 0 saturated carbocycles. The molecule has 0 heterocycles. The highest BCUT2D eigenvalue weighted by Crippen LogP contribution is 2.14. The van der Waals surface area contributed by atoms with Crippen LogP contribution >= 0.6 is 0 Å². The van der Waals surface area contributed by atoms with Gasteiger partial charge in [-0.3, -0.25) is 4.79 Å². The molecule has 1 atom stereocenters. The highest BCUT2D eigenvalue weighted by molar-refractivity contribution is 7.89. The normalized spacial score (nSPS) is 13.1. The van der Waals surface area contributed by atoms with E-state index in [1.54, 1.807) is 0 Å². The minimum Gasteiger partial charge on any atom is -0.396 e. The number of benzene rings is 1. The van der Waals surface area contributed by atoms with Gasteiger partial charge in [-0.25, -0.2) is 13.1 Å². The number of aliphatic hydroxyl groups excluding tert-OH is 1. The second kappa shape index (κ2) is 8.26. The van der Waals surface area contributed by atoms with Crippen LogP contribution in [0.2, 0.25) is 0 Å². The van der Waals surface area contributed by atoms with Crippen molar-refractivity contribution >= 4 is 15.8 Å². The zero-order valence-electron chi connectivity index (χ0n) is 12.5. The molecule has 1 unspecified atom stereocenters. The van der Waals surface area contributed by atoms with E-state index in [4.69, 9.17) is 5.11 Å². The number of nitrogens with one attached hydrogen (secondary N) is 1. The fraction of sp³-hybridized carbons (Fsp3) is 0.533. The van der Waals surface area contributed by atoms with Crippen molar-refractivity contribution < 1.29 is 18.3 Å². The number of aliphatic hydroxyl groups is 1. The zero-order chi connectivity index (χ0) is 15.9. The third-order valence-corrected chi connectivity index (χ3v) is 4.81. The molecule has 0 aromatic heterocycles. The van der Waals surface area contributed by atoms with Gasteiger partial charge in [-0.2, -0.15) is 0 Å². The summed E-state index contributed by atoms with van der Waals surface area (Å²) in [5, 5.41) is 8.98. The predicted molar refractivity (Wildman–Crippen MR) is 81.7 cm³/mol. The van der Waals surface area contributed by atoms with E-state index in [1.807, 2.05) is 6.92 Å². The highest BCUT2D eigenvalue weighted by Gasteiger charge is 2.16. The van der Waals surface area contributed by atoms with Gasteiger partial charge in [-0.1, -0.05) is 25.5 Å². The van der Waals surface area contributed by atoms with Crippen LogP contribution in [0.5, 0.6) is 0 Å². The summed E-state index contributed by atoms with van der Waals surface area (Å²) in [7, 11) is -3.58. The molecule has 2 N–H and O–H groups in total. The molecule has 0 saturated heterocycles. The van der Waals surface area contributed by atoms with Crippen molar-refractivity contribution in [3.8, 4) is 0 Å². The Balaban J connectivity index is 2.74. The van der Waals surface area contributed by atoms with E-state index < -0.39 is 10.0 Å². The van der Waals surface area contributed by atoms with Crippen molar-refractivity contribution in [1.29, 1.82) is 0 Å². The zero-order valence-corrected chi connectivity index (χ0v) is 13.3. The molecule has 6 heteroatoms. The molecule has 1 aromatic carbocycles. The number of Topliss-reactive ketones (excluding diaryl/α,β-unsaturated/α-hetero) is 1. The van der Waals surface area contributed by atoms with Crippen LogP contribution in [0.3, 0.4) is 0 Å². The smallest absolute Gasteiger partial charge is 0.240 e. The fourth-order valence-corrected chi connectivity index (χ4v) is 3.24.